The second-order valence-corrected chi connectivity index (χ2v) is 8.43. The highest BCUT2D eigenvalue weighted by Crippen LogP contribution is 2.31. The zero-order valence-electron chi connectivity index (χ0n) is 21.4. The number of carbonyl (C=O) groups excluding carboxylic acids is 2. The minimum atomic E-state index is -0.421. The molecule has 1 atom stereocenters. The summed E-state index contributed by atoms with van der Waals surface area (Å²) in [5, 5.41) is 11.8. The number of benzene rings is 2. The van der Waals surface area contributed by atoms with E-state index in [2.05, 4.69) is 21.3 Å². The van der Waals surface area contributed by atoms with Crippen LogP contribution in [0.15, 0.2) is 36.4 Å². The molecule has 200 valence electrons. The predicted molar refractivity (Wildman–Crippen MR) is 149 cm³/mol. The van der Waals surface area contributed by atoms with Gasteiger partial charge in [0.25, 0.3) is 11.8 Å². The molecule has 0 radical (unpaired) electrons. The lowest BCUT2D eigenvalue weighted by Crippen LogP contribution is -2.46. The summed E-state index contributed by atoms with van der Waals surface area (Å²) in [4.78, 5) is 25.4. The van der Waals surface area contributed by atoms with E-state index in [-0.39, 0.29) is 16.3 Å². The van der Waals surface area contributed by atoms with Gasteiger partial charge in [-0.3, -0.25) is 20.2 Å². The maximum Gasteiger partial charge on any atom is 0.261 e. The van der Waals surface area contributed by atoms with Crippen molar-refractivity contribution in [3.63, 3.8) is 0 Å². The number of hydrogen-bond acceptors (Lipinski definition) is 8. The van der Waals surface area contributed by atoms with Crippen LogP contribution >= 0.6 is 24.4 Å². The predicted octanol–water partition coefficient (Wildman–Crippen LogP) is 2.80. The summed E-state index contributed by atoms with van der Waals surface area (Å²) >= 11 is 10.6. The van der Waals surface area contributed by atoms with Gasteiger partial charge in [-0.05, 0) is 61.5 Å². The lowest BCUT2D eigenvalue weighted by Gasteiger charge is -2.20. The Hall–Kier alpha value is -3.64. The monoisotopic (exact) mass is 548 g/mol. The van der Waals surface area contributed by atoms with Crippen molar-refractivity contribution in [3.05, 3.63) is 47.5 Å². The van der Waals surface area contributed by atoms with E-state index in [1.54, 1.807) is 36.4 Å². The van der Waals surface area contributed by atoms with Gasteiger partial charge in [0.15, 0.2) is 33.2 Å². The van der Waals surface area contributed by atoms with E-state index in [0.717, 1.165) is 6.42 Å². The summed E-state index contributed by atoms with van der Waals surface area (Å²) in [6.45, 7) is 2.45. The molecule has 0 heterocycles. The molecule has 10 nitrogen and oxygen atoms in total. The van der Waals surface area contributed by atoms with E-state index in [9.17, 15) is 9.59 Å². The number of rotatable bonds is 11. The third-order valence-corrected chi connectivity index (χ3v) is 5.82. The first kappa shape index (κ1) is 29.6. The average molecular weight is 549 g/mol. The largest absolute Gasteiger partial charge is 0.493 e. The van der Waals surface area contributed by atoms with E-state index >= 15 is 0 Å². The molecule has 0 bridgehead atoms. The highest BCUT2D eigenvalue weighted by molar-refractivity contribution is 7.80. The van der Waals surface area contributed by atoms with Crippen LogP contribution in [0.2, 0.25) is 0 Å². The lowest BCUT2D eigenvalue weighted by atomic mass is 10.1. The first-order valence-corrected chi connectivity index (χ1v) is 12.2. The van der Waals surface area contributed by atoms with Gasteiger partial charge in [0.2, 0.25) is 0 Å². The number of methoxy groups -OCH3 is 4. The van der Waals surface area contributed by atoms with Crippen molar-refractivity contribution in [3.8, 4) is 23.0 Å². The number of carbonyl (C=O) groups is 2. The maximum atomic E-state index is 12.7. The molecule has 0 saturated carbocycles. The molecule has 0 aliphatic heterocycles. The molecule has 0 aliphatic carbocycles. The van der Waals surface area contributed by atoms with Gasteiger partial charge in [0, 0.05) is 12.6 Å². The topological polar surface area (TPSA) is 119 Å². The molecule has 0 unspecified atom stereocenters. The molecule has 2 rings (SSSR count). The van der Waals surface area contributed by atoms with Crippen molar-refractivity contribution in [1.82, 2.24) is 21.3 Å². The van der Waals surface area contributed by atoms with Gasteiger partial charge in [-0.15, -0.1) is 0 Å². The van der Waals surface area contributed by atoms with Gasteiger partial charge < -0.3 is 29.6 Å². The number of amides is 2. The van der Waals surface area contributed by atoms with Crippen LogP contribution in [0, 0.1) is 0 Å². The third-order valence-electron chi connectivity index (χ3n) is 5.36. The van der Waals surface area contributed by atoms with E-state index < -0.39 is 11.8 Å². The summed E-state index contributed by atoms with van der Waals surface area (Å²) in [5.74, 6) is 0.693. The third kappa shape index (κ3) is 8.19. The Kier molecular flexibility index (Phi) is 11.8. The molecule has 2 amide bonds. The first-order valence-electron chi connectivity index (χ1n) is 11.4. The van der Waals surface area contributed by atoms with Crippen molar-refractivity contribution >= 4 is 46.5 Å². The Labute approximate surface area is 227 Å². The van der Waals surface area contributed by atoms with Crippen LogP contribution in [0.5, 0.6) is 23.0 Å². The fourth-order valence-corrected chi connectivity index (χ4v) is 3.93. The number of nitrogens with one attached hydrogen (secondary N) is 4. The van der Waals surface area contributed by atoms with Crippen molar-refractivity contribution in [2.45, 2.75) is 25.8 Å². The maximum absolute atomic E-state index is 12.7. The summed E-state index contributed by atoms with van der Waals surface area (Å²) in [6.07, 6.45) is 1.35. The van der Waals surface area contributed by atoms with Gasteiger partial charge in [0.1, 0.15) is 0 Å². The summed E-state index contributed by atoms with van der Waals surface area (Å²) < 4.78 is 21.1. The van der Waals surface area contributed by atoms with Gasteiger partial charge in [-0.25, -0.2) is 0 Å². The standard InChI is InChI=1S/C25H32N4O6S2/c1-6-15(27-25(37)29-23(31)17-10-8-12-19(33-3)21(17)35-5)13-14-26-24(36)28-22(30)16-9-7-11-18(32-2)20(16)34-4/h7-12,15H,6,13-14H2,1-5H3,(H2,26,28,30,36)(H2,27,29,31,37)/t15-/m1/s1. The Morgan fingerprint density at radius 2 is 1.27 bits per heavy atom. The molecular weight excluding hydrogens is 516 g/mol. The molecule has 12 heteroatoms. The van der Waals surface area contributed by atoms with Crippen LogP contribution in [0.1, 0.15) is 40.5 Å². The Morgan fingerprint density at radius 1 is 0.784 bits per heavy atom. The zero-order valence-corrected chi connectivity index (χ0v) is 23.1. The van der Waals surface area contributed by atoms with Crippen LogP contribution in [0.3, 0.4) is 0 Å². The summed E-state index contributed by atoms with van der Waals surface area (Å²) in [7, 11) is 5.92. The van der Waals surface area contributed by atoms with Crippen LogP contribution in [0.4, 0.5) is 0 Å². The van der Waals surface area contributed by atoms with Gasteiger partial charge in [-0.1, -0.05) is 19.1 Å². The lowest BCUT2D eigenvalue weighted by molar-refractivity contribution is 0.0964. The van der Waals surface area contributed by atoms with Gasteiger partial charge >= 0.3 is 0 Å². The van der Waals surface area contributed by atoms with Gasteiger partial charge in [-0.2, -0.15) is 0 Å². The van der Waals surface area contributed by atoms with Crippen LogP contribution < -0.4 is 40.2 Å². The fraction of sp³-hybridized carbons (Fsp3) is 0.360. The van der Waals surface area contributed by atoms with E-state index in [4.69, 9.17) is 43.4 Å². The van der Waals surface area contributed by atoms with Crippen molar-refractivity contribution in [2.75, 3.05) is 35.0 Å². The molecular formula is C25H32N4O6S2. The second kappa shape index (κ2) is 14.8. The van der Waals surface area contributed by atoms with Crippen LogP contribution in [0.25, 0.3) is 0 Å². The Bertz CT molecular complexity index is 1130. The Balaban J connectivity index is 1.86. The van der Waals surface area contributed by atoms with E-state index in [0.29, 0.717) is 47.1 Å². The molecule has 0 spiro atoms. The average Bonchev–Trinajstić information content (AvgIpc) is 2.90. The normalized spacial score (nSPS) is 10.9. The number of ether oxygens (including phenoxy) is 4. The van der Waals surface area contributed by atoms with Crippen molar-refractivity contribution < 1.29 is 28.5 Å². The number of para-hydroxylation sites is 2. The van der Waals surface area contributed by atoms with E-state index in [1.165, 1.54) is 28.4 Å². The second-order valence-electron chi connectivity index (χ2n) is 7.61. The van der Waals surface area contributed by atoms with E-state index in [1.807, 2.05) is 6.92 Å². The molecule has 2 aromatic rings. The SMILES string of the molecule is CC[C@H](CCNC(=S)NC(=O)c1cccc(OC)c1OC)NC(=S)NC(=O)c1cccc(OC)c1OC. The van der Waals surface area contributed by atoms with Crippen LogP contribution in [-0.4, -0.2) is 63.1 Å². The highest BCUT2D eigenvalue weighted by atomic mass is 32.1. The quantitative estimate of drug-likeness (QED) is 0.312. The number of thiocarbonyl (C=S) groups is 2. The minimum absolute atomic E-state index is 0.0514. The molecule has 0 aromatic heterocycles. The number of hydrogen-bond donors (Lipinski definition) is 4. The zero-order chi connectivity index (χ0) is 27.4. The molecule has 0 saturated heterocycles. The van der Waals surface area contributed by atoms with Crippen molar-refractivity contribution in [2.24, 2.45) is 0 Å². The summed E-state index contributed by atoms with van der Waals surface area (Å²) in [6, 6.07) is 9.97. The van der Waals surface area contributed by atoms with Crippen molar-refractivity contribution in [1.29, 1.82) is 0 Å². The molecule has 4 N–H and O–H groups in total. The smallest absolute Gasteiger partial charge is 0.261 e. The molecule has 0 fully saturated rings. The molecule has 37 heavy (non-hydrogen) atoms. The van der Waals surface area contributed by atoms with Gasteiger partial charge in [0.05, 0.1) is 39.6 Å². The first-order chi connectivity index (χ1) is 17.8. The fourth-order valence-electron chi connectivity index (χ4n) is 3.48. The molecule has 0 aliphatic rings. The van der Waals surface area contributed by atoms with Crippen LogP contribution in [-0.2, 0) is 0 Å². The molecule has 2 aromatic carbocycles. The highest BCUT2D eigenvalue weighted by Gasteiger charge is 2.19. The minimum Gasteiger partial charge on any atom is -0.493 e. The Morgan fingerprint density at radius 3 is 1.70 bits per heavy atom. The summed E-state index contributed by atoms with van der Waals surface area (Å²) in [5.41, 5.74) is 0.599.